The number of hydrogen-bond donors (Lipinski definition) is 2. The molecule has 1 unspecified atom stereocenters. The van der Waals surface area contributed by atoms with Gasteiger partial charge < -0.3 is 15.5 Å². The molecule has 2 aliphatic heterocycles. The van der Waals surface area contributed by atoms with Crippen molar-refractivity contribution in [3.8, 4) is 0 Å². The van der Waals surface area contributed by atoms with Crippen molar-refractivity contribution in [2.45, 2.75) is 38.6 Å². The summed E-state index contributed by atoms with van der Waals surface area (Å²) in [4.78, 5) is 25.5. The van der Waals surface area contributed by atoms with E-state index in [2.05, 4.69) is 10.6 Å². The molecule has 1 atom stereocenters. The number of amides is 2. The summed E-state index contributed by atoms with van der Waals surface area (Å²) >= 11 is 0. The van der Waals surface area contributed by atoms with Gasteiger partial charge in [-0.2, -0.15) is 0 Å². The Hall–Kier alpha value is -1.10. The third-order valence-electron chi connectivity index (χ3n) is 3.90. The van der Waals surface area contributed by atoms with Crippen LogP contribution in [0.3, 0.4) is 0 Å². The number of rotatable bonds is 3. The van der Waals surface area contributed by atoms with Gasteiger partial charge in [0.1, 0.15) is 0 Å². The third-order valence-corrected chi connectivity index (χ3v) is 3.90. The van der Waals surface area contributed by atoms with Crippen LogP contribution in [0.4, 0.5) is 0 Å². The number of hydrogen-bond acceptors (Lipinski definition) is 3. The van der Waals surface area contributed by atoms with Crippen LogP contribution >= 0.6 is 0 Å². The van der Waals surface area contributed by atoms with Crippen LogP contribution in [-0.4, -0.2) is 48.9 Å². The van der Waals surface area contributed by atoms with Gasteiger partial charge in [0.05, 0.1) is 5.92 Å². The zero-order chi connectivity index (χ0) is 13.0. The summed E-state index contributed by atoms with van der Waals surface area (Å²) in [6.45, 7) is 5.21. The molecule has 2 heterocycles. The molecule has 0 saturated carbocycles. The highest BCUT2D eigenvalue weighted by atomic mass is 16.2. The predicted octanol–water partition coefficient (Wildman–Crippen LogP) is 0.113. The molecule has 0 aromatic rings. The number of carbonyl (C=O) groups excluding carboxylic acids is 2. The molecule has 2 N–H and O–H groups in total. The Morgan fingerprint density at radius 1 is 1.28 bits per heavy atom. The number of piperidine rings is 1. The topological polar surface area (TPSA) is 61.4 Å². The molecule has 2 fully saturated rings. The molecule has 0 aliphatic carbocycles. The molecule has 2 rings (SSSR count). The van der Waals surface area contributed by atoms with E-state index < -0.39 is 0 Å². The summed E-state index contributed by atoms with van der Waals surface area (Å²) in [5.74, 6) is 0.576. The Morgan fingerprint density at radius 3 is 2.56 bits per heavy atom. The van der Waals surface area contributed by atoms with Crippen molar-refractivity contribution in [3.63, 3.8) is 0 Å². The first-order valence-corrected chi connectivity index (χ1v) is 6.99. The van der Waals surface area contributed by atoms with Crippen molar-refractivity contribution in [3.05, 3.63) is 0 Å². The molecule has 2 amide bonds. The van der Waals surface area contributed by atoms with E-state index in [-0.39, 0.29) is 17.9 Å². The lowest BCUT2D eigenvalue weighted by molar-refractivity contribution is -0.136. The van der Waals surface area contributed by atoms with Gasteiger partial charge in [-0.05, 0) is 25.8 Å². The molecule has 0 radical (unpaired) electrons. The highest BCUT2D eigenvalue weighted by molar-refractivity contribution is 5.79. The lowest BCUT2D eigenvalue weighted by atomic mass is 10.0. The van der Waals surface area contributed by atoms with E-state index in [0.717, 1.165) is 45.4 Å². The minimum atomic E-state index is 0.111. The van der Waals surface area contributed by atoms with Crippen LogP contribution in [0, 0.1) is 5.92 Å². The zero-order valence-electron chi connectivity index (χ0n) is 11.1. The molecule has 5 heteroatoms. The lowest BCUT2D eigenvalue weighted by Crippen LogP contribution is -2.48. The van der Waals surface area contributed by atoms with Crippen LogP contribution < -0.4 is 10.6 Å². The summed E-state index contributed by atoms with van der Waals surface area (Å²) in [5.41, 5.74) is 0. The highest BCUT2D eigenvalue weighted by Gasteiger charge is 2.30. The second kappa shape index (κ2) is 6.18. The van der Waals surface area contributed by atoms with Gasteiger partial charge in [-0.15, -0.1) is 0 Å². The van der Waals surface area contributed by atoms with Crippen LogP contribution in [-0.2, 0) is 9.59 Å². The molecule has 0 spiro atoms. The van der Waals surface area contributed by atoms with Gasteiger partial charge in [-0.3, -0.25) is 9.59 Å². The maximum Gasteiger partial charge on any atom is 0.227 e. The average molecular weight is 253 g/mol. The van der Waals surface area contributed by atoms with Crippen LogP contribution in [0.5, 0.6) is 0 Å². The van der Waals surface area contributed by atoms with Gasteiger partial charge in [0.2, 0.25) is 11.8 Å². The number of carbonyl (C=O) groups is 2. The highest BCUT2D eigenvalue weighted by Crippen LogP contribution is 2.17. The second-order valence-electron chi connectivity index (χ2n) is 5.21. The van der Waals surface area contributed by atoms with Crippen LogP contribution in [0.1, 0.15) is 32.6 Å². The largest absolute Gasteiger partial charge is 0.353 e. The number of nitrogens with zero attached hydrogens (tertiary/aromatic N) is 1. The molecule has 5 nitrogen and oxygen atoms in total. The first-order chi connectivity index (χ1) is 8.70. The first-order valence-electron chi connectivity index (χ1n) is 6.99. The Morgan fingerprint density at radius 2 is 2.00 bits per heavy atom. The summed E-state index contributed by atoms with van der Waals surface area (Å²) in [7, 11) is 0. The standard InChI is InChI=1S/C13H23N3O2/c1-2-12(17)15-11-4-7-16(8-5-11)13(18)10-3-6-14-9-10/h10-11,14H,2-9H2,1H3,(H,15,17). The van der Waals surface area contributed by atoms with Crippen LogP contribution in [0.25, 0.3) is 0 Å². The van der Waals surface area contributed by atoms with E-state index in [9.17, 15) is 9.59 Å². The summed E-state index contributed by atoms with van der Waals surface area (Å²) in [5, 5.41) is 6.24. The summed E-state index contributed by atoms with van der Waals surface area (Å²) in [6, 6.07) is 0.253. The first kappa shape index (κ1) is 13.3. The molecule has 0 aromatic carbocycles. The van der Waals surface area contributed by atoms with Gasteiger partial charge >= 0.3 is 0 Å². The Labute approximate surface area is 108 Å². The van der Waals surface area contributed by atoms with Crippen molar-refractivity contribution in [2.75, 3.05) is 26.2 Å². The van der Waals surface area contributed by atoms with E-state index >= 15 is 0 Å². The second-order valence-corrected chi connectivity index (χ2v) is 5.21. The molecule has 18 heavy (non-hydrogen) atoms. The fourth-order valence-corrected chi connectivity index (χ4v) is 2.70. The van der Waals surface area contributed by atoms with E-state index in [1.54, 1.807) is 0 Å². The van der Waals surface area contributed by atoms with Crippen molar-refractivity contribution < 1.29 is 9.59 Å². The van der Waals surface area contributed by atoms with Crippen molar-refractivity contribution >= 4 is 11.8 Å². The molecule has 0 bridgehead atoms. The number of likely N-dealkylation sites (tertiary alicyclic amines) is 1. The molecule has 0 aromatic heterocycles. The molecular weight excluding hydrogens is 230 g/mol. The van der Waals surface area contributed by atoms with E-state index in [4.69, 9.17) is 0 Å². The van der Waals surface area contributed by atoms with Gasteiger partial charge in [-0.25, -0.2) is 0 Å². The van der Waals surface area contributed by atoms with Crippen molar-refractivity contribution in [2.24, 2.45) is 5.92 Å². The van der Waals surface area contributed by atoms with Crippen LogP contribution in [0.2, 0.25) is 0 Å². The van der Waals surface area contributed by atoms with E-state index in [0.29, 0.717) is 12.3 Å². The Kier molecular flexibility index (Phi) is 4.58. The van der Waals surface area contributed by atoms with Crippen LogP contribution in [0.15, 0.2) is 0 Å². The average Bonchev–Trinajstić information content (AvgIpc) is 2.92. The fourth-order valence-electron chi connectivity index (χ4n) is 2.70. The molecule has 2 saturated heterocycles. The van der Waals surface area contributed by atoms with Crippen molar-refractivity contribution in [1.29, 1.82) is 0 Å². The quantitative estimate of drug-likeness (QED) is 0.750. The maximum atomic E-state index is 12.2. The molecular formula is C13H23N3O2. The molecule has 2 aliphatic rings. The van der Waals surface area contributed by atoms with Gasteiger partial charge in [0.25, 0.3) is 0 Å². The minimum Gasteiger partial charge on any atom is -0.353 e. The predicted molar refractivity (Wildman–Crippen MR) is 69.0 cm³/mol. The summed E-state index contributed by atoms with van der Waals surface area (Å²) in [6.07, 6.45) is 3.27. The van der Waals surface area contributed by atoms with Gasteiger partial charge in [0, 0.05) is 32.1 Å². The smallest absolute Gasteiger partial charge is 0.227 e. The lowest BCUT2D eigenvalue weighted by Gasteiger charge is -2.33. The van der Waals surface area contributed by atoms with Gasteiger partial charge in [-0.1, -0.05) is 6.92 Å². The van der Waals surface area contributed by atoms with E-state index in [1.165, 1.54) is 0 Å². The third kappa shape index (κ3) is 3.22. The Bertz CT molecular complexity index is 305. The number of nitrogens with one attached hydrogen (secondary N) is 2. The monoisotopic (exact) mass is 253 g/mol. The summed E-state index contributed by atoms with van der Waals surface area (Å²) < 4.78 is 0. The Balaban J connectivity index is 1.75. The normalized spacial score (nSPS) is 25.2. The zero-order valence-corrected chi connectivity index (χ0v) is 11.1. The van der Waals surface area contributed by atoms with Crippen molar-refractivity contribution in [1.82, 2.24) is 15.5 Å². The molecule has 102 valence electrons. The minimum absolute atomic E-state index is 0.111. The van der Waals surface area contributed by atoms with E-state index in [1.807, 2.05) is 11.8 Å². The SMILES string of the molecule is CCC(=O)NC1CCN(C(=O)C2CCNC2)CC1. The van der Waals surface area contributed by atoms with Gasteiger partial charge in [0.15, 0.2) is 0 Å². The maximum absolute atomic E-state index is 12.2. The fraction of sp³-hybridized carbons (Fsp3) is 0.846.